The second-order valence-electron chi connectivity index (χ2n) is 9.97. The molecule has 0 bridgehead atoms. The summed E-state index contributed by atoms with van der Waals surface area (Å²) in [5.41, 5.74) is 0. The molecule has 1 unspecified atom stereocenters. The van der Waals surface area contributed by atoms with E-state index in [4.69, 9.17) is 4.52 Å². The summed E-state index contributed by atoms with van der Waals surface area (Å²) in [6.45, 7) is 4.98. The second kappa shape index (κ2) is 25.8. The van der Waals surface area contributed by atoms with Crippen molar-refractivity contribution >= 4 is 7.60 Å². The van der Waals surface area contributed by atoms with Crippen LogP contribution in [0, 0.1) is 0 Å². The van der Waals surface area contributed by atoms with E-state index in [1.54, 1.807) is 0 Å². The van der Waals surface area contributed by atoms with Crippen LogP contribution in [0.15, 0.2) is 0 Å². The number of unbranched alkanes of at least 4 members (excludes halogenated alkanes) is 22. The van der Waals surface area contributed by atoms with Crippen molar-refractivity contribution in [3.05, 3.63) is 0 Å². The molecule has 194 valence electrons. The SMILES string of the molecule is CCCCCCCCCCCCCCOP(=O)(O)CCCCCCCCCCCCCC. The molecular weight excluding hydrogens is 415 g/mol. The maximum Gasteiger partial charge on any atom is 0.328 e. The first-order valence-corrected chi connectivity index (χ1v) is 16.3. The predicted octanol–water partition coefficient (Wildman–Crippen LogP) is 10.6. The van der Waals surface area contributed by atoms with Gasteiger partial charge in [-0.1, -0.05) is 155 Å². The maximum atomic E-state index is 12.1. The lowest BCUT2D eigenvalue weighted by molar-refractivity contribution is 0.251. The van der Waals surface area contributed by atoms with Gasteiger partial charge in [-0.05, 0) is 12.8 Å². The van der Waals surface area contributed by atoms with Gasteiger partial charge in [0.05, 0.1) is 6.61 Å². The van der Waals surface area contributed by atoms with Crippen molar-refractivity contribution in [2.24, 2.45) is 0 Å². The topological polar surface area (TPSA) is 46.5 Å². The molecule has 0 spiro atoms. The summed E-state index contributed by atoms with van der Waals surface area (Å²) >= 11 is 0. The molecule has 0 radical (unpaired) electrons. The van der Waals surface area contributed by atoms with Gasteiger partial charge in [-0.3, -0.25) is 4.57 Å². The van der Waals surface area contributed by atoms with E-state index in [9.17, 15) is 9.46 Å². The molecule has 1 atom stereocenters. The smallest absolute Gasteiger partial charge is 0.324 e. The van der Waals surface area contributed by atoms with Crippen LogP contribution in [0.5, 0.6) is 0 Å². The van der Waals surface area contributed by atoms with E-state index < -0.39 is 7.60 Å². The first kappa shape index (κ1) is 32.1. The van der Waals surface area contributed by atoms with E-state index in [0.29, 0.717) is 12.8 Å². The molecule has 0 aliphatic rings. The van der Waals surface area contributed by atoms with E-state index in [0.717, 1.165) is 25.7 Å². The number of hydrogen-bond acceptors (Lipinski definition) is 2. The van der Waals surface area contributed by atoms with Crippen LogP contribution in [0.1, 0.15) is 168 Å². The summed E-state index contributed by atoms with van der Waals surface area (Å²) in [5.74, 6) is 0. The van der Waals surface area contributed by atoms with Crippen molar-refractivity contribution in [1.29, 1.82) is 0 Å². The van der Waals surface area contributed by atoms with Gasteiger partial charge in [0.25, 0.3) is 0 Å². The van der Waals surface area contributed by atoms with Gasteiger partial charge in [0.2, 0.25) is 0 Å². The summed E-state index contributed by atoms with van der Waals surface area (Å²) in [5, 5.41) is 0. The zero-order chi connectivity index (χ0) is 23.6. The molecule has 0 aromatic rings. The Labute approximate surface area is 202 Å². The van der Waals surface area contributed by atoms with Gasteiger partial charge >= 0.3 is 7.60 Å². The fourth-order valence-electron chi connectivity index (χ4n) is 4.37. The van der Waals surface area contributed by atoms with Crippen molar-refractivity contribution < 1.29 is 14.0 Å². The highest BCUT2D eigenvalue weighted by Gasteiger charge is 2.17. The number of hydrogen-bond donors (Lipinski definition) is 1. The lowest BCUT2D eigenvalue weighted by Gasteiger charge is -2.12. The van der Waals surface area contributed by atoms with Crippen LogP contribution in [0.25, 0.3) is 0 Å². The van der Waals surface area contributed by atoms with Crippen LogP contribution < -0.4 is 0 Å². The lowest BCUT2D eigenvalue weighted by Crippen LogP contribution is -1.97. The summed E-state index contributed by atoms with van der Waals surface area (Å²) in [6, 6.07) is 0. The van der Waals surface area contributed by atoms with E-state index >= 15 is 0 Å². The average molecular weight is 475 g/mol. The van der Waals surface area contributed by atoms with Crippen LogP contribution in [-0.2, 0) is 9.09 Å². The zero-order valence-electron chi connectivity index (χ0n) is 22.1. The van der Waals surface area contributed by atoms with Gasteiger partial charge in [0, 0.05) is 6.16 Å². The first-order chi connectivity index (χ1) is 15.6. The van der Waals surface area contributed by atoms with E-state index in [1.807, 2.05) is 0 Å². The fraction of sp³-hybridized carbons (Fsp3) is 1.00. The third kappa shape index (κ3) is 26.4. The third-order valence-corrected chi connectivity index (χ3v) is 8.05. The van der Waals surface area contributed by atoms with Crippen molar-refractivity contribution in [3.8, 4) is 0 Å². The molecule has 0 aliphatic carbocycles. The van der Waals surface area contributed by atoms with E-state index in [1.165, 1.54) is 128 Å². The predicted molar refractivity (Wildman–Crippen MR) is 143 cm³/mol. The standard InChI is InChI=1S/C28H59O3P/c1-3-5-7-9-11-13-15-17-19-21-23-25-27-31-32(29,30)28-26-24-22-20-18-16-14-12-10-8-6-4-2/h3-28H2,1-2H3,(H,29,30). The van der Waals surface area contributed by atoms with Crippen LogP contribution in [0.2, 0.25) is 0 Å². The molecule has 0 aromatic heterocycles. The van der Waals surface area contributed by atoms with Gasteiger partial charge in [-0.2, -0.15) is 0 Å². The Bertz CT molecular complexity index is 400. The molecule has 3 nitrogen and oxygen atoms in total. The minimum Gasteiger partial charge on any atom is -0.324 e. The Kier molecular flexibility index (Phi) is 25.9. The van der Waals surface area contributed by atoms with Crippen LogP contribution in [-0.4, -0.2) is 17.7 Å². The molecule has 0 heterocycles. The number of rotatable bonds is 27. The molecule has 1 N–H and O–H groups in total. The fourth-order valence-corrected chi connectivity index (χ4v) is 5.53. The van der Waals surface area contributed by atoms with Crippen LogP contribution in [0.4, 0.5) is 0 Å². The summed E-state index contributed by atoms with van der Waals surface area (Å²) in [7, 11) is -3.35. The van der Waals surface area contributed by atoms with Crippen molar-refractivity contribution in [2.75, 3.05) is 12.8 Å². The molecule has 0 fully saturated rings. The third-order valence-electron chi connectivity index (χ3n) is 6.59. The average Bonchev–Trinajstić information content (AvgIpc) is 2.77. The Morgan fingerprint density at radius 2 is 0.750 bits per heavy atom. The normalized spacial score (nSPS) is 13.5. The van der Waals surface area contributed by atoms with Gasteiger partial charge in [-0.25, -0.2) is 0 Å². The highest BCUT2D eigenvalue weighted by atomic mass is 31.2. The monoisotopic (exact) mass is 474 g/mol. The summed E-state index contributed by atoms with van der Waals surface area (Å²) < 4.78 is 17.5. The highest BCUT2D eigenvalue weighted by molar-refractivity contribution is 7.52. The molecule has 0 rings (SSSR count). The molecule has 0 aliphatic heterocycles. The van der Waals surface area contributed by atoms with Crippen LogP contribution >= 0.6 is 7.60 Å². The Morgan fingerprint density at radius 3 is 1.09 bits per heavy atom. The minimum atomic E-state index is -3.35. The molecule has 0 amide bonds. The molecular formula is C28H59O3P. The van der Waals surface area contributed by atoms with Crippen molar-refractivity contribution in [2.45, 2.75) is 168 Å². The van der Waals surface area contributed by atoms with Gasteiger partial charge in [-0.15, -0.1) is 0 Å². The highest BCUT2D eigenvalue weighted by Crippen LogP contribution is 2.43. The van der Waals surface area contributed by atoms with Crippen LogP contribution in [0.3, 0.4) is 0 Å². The van der Waals surface area contributed by atoms with Gasteiger partial charge < -0.3 is 9.42 Å². The zero-order valence-corrected chi connectivity index (χ0v) is 23.0. The lowest BCUT2D eigenvalue weighted by atomic mass is 10.1. The van der Waals surface area contributed by atoms with Crippen molar-refractivity contribution in [1.82, 2.24) is 0 Å². The van der Waals surface area contributed by atoms with Gasteiger partial charge in [0.1, 0.15) is 0 Å². The summed E-state index contributed by atoms with van der Waals surface area (Å²) in [4.78, 5) is 9.99. The maximum absolute atomic E-state index is 12.1. The quantitative estimate of drug-likeness (QED) is 0.0951. The first-order valence-electron chi connectivity index (χ1n) is 14.6. The Morgan fingerprint density at radius 1 is 0.469 bits per heavy atom. The van der Waals surface area contributed by atoms with Gasteiger partial charge in [0.15, 0.2) is 0 Å². The summed E-state index contributed by atoms with van der Waals surface area (Å²) in [6.07, 6.45) is 31.2. The Hall–Kier alpha value is 0.150. The molecule has 32 heavy (non-hydrogen) atoms. The largest absolute Gasteiger partial charge is 0.328 e. The van der Waals surface area contributed by atoms with E-state index in [-0.39, 0.29) is 0 Å². The Balaban J connectivity index is 3.30. The molecule has 0 saturated carbocycles. The second-order valence-corrected chi connectivity index (χ2v) is 12.0. The van der Waals surface area contributed by atoms with Crippen molar-refractivity contribution in [3.63, 3.8) is 0 Å². The molecule has 4 heteroatoms. The molecule has 0 aromatic carbocycles. The molecule has 0 saturated heterocycles. The van der Waals surface area contributed by atoms with E-state index in [2.05, 4.69) is 13.8 Å². The minimum absolute atomic E-state index is 0.336.